The normalized spacial score (nSPS) is 16.7. The van der Waals surface area contributed by atoms with Gasteiger partial charge in [-0.25, -0.2) is 4.39 Å². The Morgan fingerprint density at radius 3 is 2.61 bits per heavy atom. The van der Waals surface area contributed by atoms with Crippen LogP contribution in [0.2, 0.25) is 0 Å². The number of aryl methyl sites for hydroxylation is 1. The Bertz CT molecular complexity index is 966. The van der Waals surface area contributed by atoms with Gasteiger partial charge in [0, 0.05) is 18.4 Å². The molecule has 0 spiro atoms. The Labute approximate surface area is 157 Å². The first-order chi connectivity index (χ1) is 13.0. The Morgan fingerprint density at radius 1 is 1.32 bits per heavy atom. The molecule has 0 fully saturated rings. The van der Waals surface area contributed by atoms with Crippen molar-refractivity contribution in [2.45, 2.75) is 26.1 Å². The summed E-state index contributed by atoms with van der Waals surface area (Å²) in [6, 6.07) is 1.75. The molecule has 2 heterocycles. The Hall–Kier alpha value is -3.04. The topological polar surface area (TPSA) is 72.4 Å². The molecule has 0 bridgehead atoms. The largest absolute Gasteiger partial charge is 0.488 e. The van der Waals surface area contributed by atoms with E-state index in [0.717, 1.165) is 0 Å². The van der Waals surface area contributed by atoms with Gasteiger partial charge >= 0.3 is 6.18 Å². The second-order valence-electron chi connectivity index (χ2n) is 6.49. The number of rotatable bonds is 2. The van der Waals surface area contributed by atoms with Crippen LogP contribution in [-0.4, -0.2) is 35.2 Å². The van der Waals surface area contributed by atoms with E-state index in [2.05, 4.69) is 5.32 Å². The highest BCUT2D eigenvalue weighted by molar-refractivity contribution is 6.09. The molecule has 0 radical (unpaired) electrons. The maximum atomic E-state index is 13.4. The number of nitrogens with zero attached hydrogens (tertiary/aromatic N) is 1. The molecule has 2 N–H and O–H groups in total. The fourth-order valence-corrected chi connectivity index (χ4v) is 2.96. The van der Waals surface area contributed by atoms with Gasteiger partial charge in [-0.15, -0.1) is 0 Å². The van der Waals surface area contributed by atoms with E-state index in [-0.39, 0.29) is 22.7 Å². The lowest BCUT2D eigenvalue weighted by Crippen LogP contribution is -2.47. The predicted molar refractivity (Wildman–Crippen MR) is 92.0 cm³/mol. The molecule has 1 atom stereocenters. The Morgan fingerprint density at radius 2 is 2.00 bits per heavy atom. The highest BCUT2D eigenvalue weighted by Gasteiger charge is 2.45. The van der Waals surface area contributed by atoms with E-state index in [0.29, 0.717) is 11.3 Å². The van der Waals surface area contributed by atoms with Crippen LogP contribution < -0.4 is 15.4 Å². The van der Waals surface area contributed by atoms with Crippen LogP contribution >= 0.6 is 0 Å². The molecular weight excluding hydrogens is 382 g/mol. The summed E-state index contributed by atoms with van der Waals surface area (Å²) < 4.78 is 59.0. The van der Waals surface area contributed by atoms with Crippen LogP contribution in [0.1, 0.15) is 32.1 Å². The third kappa shape index (κ3) is 3.41. The van der Waals surface area contributed by atoms with Crippen molar-refractivity contribution in [3.05, 3.63) is 46.5 Å². The van der Waals surface area contributed by atoms with Crippen molar-refractivity contribution < 1.29 is 31.9 Å². The van der Waals surface area contributed by atoms with Crippen LogP contribution in [0.5, 0.6) is 5.75 Å². The SMILES string of the molecule is Cc1cc(NC(=O)c2c3c(c(C)n2C)C(=O)N[C@H](C(F)(F)F)CO3)ccc1F. The maximum Gasteiger partial charge on any atom is 0.411 e. The molecule has 150 valence electrons. The fourth-order valence-electron chi connectivity index (χ4n) is 2.96. The molecule has 6 nitrogen and oxygen atoms in total. The summed E-state index contributed by atoms with van der Waals surface area (Å²) in [5.74, 6) is -2.34. The van der Waals surface area contributed by atoms with Crippen LogP contribution in [0.3, 0.4) is 0 Å². The van der Waals surface area contributed by atoms with Gasteiger partial charge in [0.05, 0.1) is 0 Å². The standard InChI is InChI=1S/C18H17F4N3O3/c1-8-6-10(4-5-11(8)19)23-17(27)14-15-13(9(2)25(14)3)16(26)24-12(7-28-15)18(20,21)22/h4-6,12H,7H2,1-3H3,(H,23,27)(H,24,26)/t12-/m0/s1. The molecular formula is C18H17F4N3O3. The summed E-state index contributed by atoms with van der Waals surface area (Å²) in [4.78, 5) is 25.1. The summed E-state index contributed by atoms with van der Waals surface area (Å²) in [5.41, 5.74) is 0.643. The van der Waals surface area contributed by atoms with E-state index >= 15 is 0 Å². The van der Waals surface area contributed by atoms with Gasteiger partial charge in [-0.05, 0) is 37.6 Å². The van der Waals surface area contributed by atoms with Crippen molar-refractivity contribution in [1.82, 2.24) is 9.88 Å². The average Bonchev–Trinajstić information content (AvgIpc) is 2.73. The van der Waals surface area contributed by atoms with Crippen molar-refractivity contribution in [2.24, 2.45) is 7.05 Å². The lowest BCUT2D eigenvalue weighted by atomic mass is 10.2. The first-order valence-electron chi connectivity index (χ1n) is 8.28. The molecule has 0 saturated heterocycles. The van der Waals surface area contributed by atoms with Crippen molar-refractivity contribution >= 4 is 17.5 Å². The number of aromatic nitrogens is 1. The lowest BCUT2D eigenvalue weighted by Gasteiger charge is -2.19. The van der Waals surface area contributed by atoms with Gasteiger partial charge in [0.1, 0.15) is 18.0 Å². The molecule has 2 amide bonds. The molecule has 2 aromatic rings. The molecule has 28 heavy (non-hydrogen) atoms. The van der Waals surface area contributed by atoms with E-state index in [1.807, 2.05) is 5.32 Å². The highest BCUT2D eigenvalue weighted by atomic mass is 19.4. The summed E-state index contributed by atoms with van der Waals surface area (Å²) in [5, 5.41) is 4.43. The maximum absolute atomic E-state index is 13.4. The van der Waals surface area contributed by atoms with Crippen LogP contribution in [0, 0.1) is 19.7 Å². The molecule has 3 rings (SSSR count). The lowest BCUT2D eigenvalue weighted by molar-refractivity contribution is -0.158. The van der Waals surface area contributed by atoms with Crippen molar-refractivity contribution in [3.63, 3.8) is 0 Å². The Kier molecular flexibility index (Phi) is 4.82. The van der Waals surface area contributed by atoms with Gasteiger partial charge in [-0.3, -0.25) is 9.59 Å². The highest BCUT2D eigenvalue weighted by Crippen LogP contribution is 2.34. The second kappa shape index (κ2) is 6.84. The zero-order valence-corrected chi connectivity index (χ0v) is 15.2. The summed E-state index contributed by atoms with van der Waals surface area (Å²) in [6.45, 7) is 2.16. The van der Waals surface area contributed by atoms with Crippen LogP contribution in [-0.2, 0) is 7.05 Å². The quantitative estimate of drug-likeness (QED) is 0.763. The first kappa shape index (κ1) is 19.7. The number of nitrogens with one attached hydrogen (secondary N) is 2. The van der Waals surface area contributed by atoms with E-state index in [4.69, 9.17) is 4.74 Å². The molecule has 10 heteroatoms. The minimum atomic E-state index is -4.69. The summed E-state index contributed by atoms with van der Waals surface area (Å²) >= 11 is 0. The van der Waals surface area contributed by atoms with Gasteiger partial charge < -0.3 is 19.9 Å². The predicted octanol–water partition coefficient (Wildman–Crippen LogP) is 3.09. The number of alkyl halides is 3. The van der Waals surface area contributed by atoms with Gasteiger partial charge in [-0.1, -0.05) is 0 Å². The molecule has 0 unspecified atom stereocenters. The van der Waals surface area contributed by atoms with Crippen LogP contribution in [0.25, 0.3) is 0 Å². The number of halogens is 4. The van der Waals surface area contributed by atoms with E-state index in [9.17, 15) is 27.2 Å². The third-order valence-electron chi connectivity index (χ3n) is 4.60. The zero-order valence-electron chi connectivity index (χ0n) is 15.2. The average molecular weight is 399 g/mol. The minimum Gasteiger partial charge on any atom is -0.488 e. The number of anilines is 1. The molecule has 0 aliphatic carbocycles. The van der Waals surface area contributed by atoms with E-state index < -0.39 is 36.5 Å². The Balaban J connectivity index is 1.98. The number of ether oxygens (including phenoxy) is 1. The van der Waals surface area contributed by atoms with E-state index in [1.54, 1.807) is 0 Å². The fraction of sp³-hybridized carbons (Fsp3) is 0.333. The zero-order chi connectivity index (χ0) is 20.8. The summed E-state index contributed by atoms with van der Waals surface area (Å²) in [7, 11) is 1.49. The number of carbonyl (C=O) groups is 2. The first-order valence-corrected chi connectivity index (χ1v) is 8.28. The number of hydrogen-bond acceptors (Lipinski definition) is 3. The van der Waals surface area contributed by atoms with Gasteiger partial charge in [0.25, 0.3) is 11.8 Å². The van der Waals surface area contributed by atoms with Gasteiger partial charge in [0.2, 0.25) is 0 Å². The number of benzene rings is 1. The smallest absolute Gasteiger partial charge is 0.411 e. The number of amides is 2. The van der Waals surface area contributed by atoms with Crippen LogP contribution in [0.4, 0.5) is 23.2 Å². The molecule has 1 aromatic heterocycles. The van der Waals surface area contributed by atoms with Crippen molar-refractivity contribution in [2.75, 3.05) is 11.9 Å². The molecule has 1 aliphatic heterocycles. The van der Waals surface area contributed by atoms with Crippen molar-refractivity contribution in [1.29, 1.82) is 0 Å². The third-order valence-corrected chi connectivity index (χ3v) is 4.60. The molecule has 1 aromatic carbocycles. The monoisotopic (exact) mass is 399 g/mol. The number of carbonyl (C=O) groups excluding carboxylic acids is 2. The van der Waals surface area contributed by atoms with Crippen molar-refractivity contribution in [3.8, 4) is 5.75 Å². The number of hydrogen-bond donors (Lipinski definition) is 2. The van der Waals surface area contributed by atoms with Gasteiger partial charge in [-0.2, -0.15) is 13.2 Å². The van der Waals surface area contributed by atoms with E-state index in [1.165, 1.54) is 43.7 Å². The summed E-state index contributed by atoms with van der Waals surface area (Å²) in [6.07, 6.45) is -4.69. The molecule has 1 aliphatic rings. The van der Waals surface area contributed by atoms with Crippen LogP contribution in [0.15, 0.2) is 18.2 Å². The number of fused-ring (bicyclic) bond motifs is 1. The minimum absolute atomic E-state index is 0.104. The molecule has 0 saturated carbocycles. The second-order valence-corrected chi connectivity index (χ2v) is 6.49. The van der Waals surface area contributed by atoms with Gasteiger partial charge in [0.15, 0.2) is 17.5 Å².